The summed E-state index contributed by atoms with van der Waals surface area (Å²) in [4.78, 5) is 11.8. The molecule has 2 atom stereocenters. The lowest BCUT2D eigenvalue weighted by Crippen LogP contribution is -2.52. The molecule has 0 aromatic heterocycles. The van der Waals surface area contributed by atoms with Gasteiger partial charge in [-0.3, -0.25) is 4.79 Å². The fraction of sp³-hybridized carbons (Fsp3) is 0.917. The van der Waals surface area contributed by atoms with Gasteiger partial charge in [-0.15, -0.1) is 0 Å². The molecular weight excluding hydrogens is 192 g/mol. The van der Waals surface area contributed by atoms with Crippen LogP contribution < -0.4 is 0 Å². The number of carbonyl (C=O) groups excluding carboxylic acids is 1. The van der Waals surface area contributed by atoms with Crippen molar-refractivity contribution in [1.29, 1.82) is 0 Å². The van der Waals surface area contributed by atoms with Crippen LogP contribution in [0, 0.1) is 5.41 Å². The van der Waals surface area contributed by atoms with Crippen LogP contribution in [0.5, 0.6) is 0 Å². The van der Waals surface area contributed by atoms with Crippen molar-refractivity contribution < 1.29 is 14.3 Å². The van der Waals surface area contributed by atoms with E-state index in [0.717, 1.165) is 12.8 Å². The van der Waals surface area contributed by atoms with Crippen LogP contribution in [0.1, 0.15) is 46.0 Å². The van der Waals surface area contributed by atoms with Crippen LogP contribution in [0.15, 0.2) is 0 Å². The maximum absolute atomic E-state index is 11.8. The van der Waals surface area contributed by atoms with Crippen molar-refractivity contribution in [2.45, 2.75) is 57.2 Å². The summed E-state index contributed by atoms with van der Waals surface area (Å²) in [6, 6.07) is 0. The van der Waals surface area contributed by atoms with E-state index in [4.69, 9.17) is 9.47 Å². The second-order valence-corrected chi connectivity index (χ2v) is 5.69. The van der Waals surface area contributed by atoms with Crippen LogP contribution in [-0.4, -0.2) is 23.8 Å². The van der Waals surface area contributed by atoms with Crippen molar-refractivity contribution in [3.63, 3.8) is 0 Å². The Labute approximate surface area is 90.1 Å². The van der Waals surface area contributed by atoms with Crippen molar-refractivity contribution in [2.24, 2.45) is 5.41 Å². The summed E-state index contributed by atoms with van der Waals surface area (Å²) in [6.07, 6.45) is 5.73. The molecule has 3 rings (SSSR count). The molecule has 2 saturated heterocycles. The normalized spacial score (nSPS) is 47.2. The zero-order valence-electron chi connectivity index (χ0n) is 9.47. The number of ether oxygens (including phenoxy) is 2. The van der Waals surface area contributed by atoms with Crippen molar-refractivity contribution in [3.8, 4) is 0 Å². The van der Waals surface area contributed by atoms with Crippen LogP contribution in [0.2, 0.25) is 0 Å². The summed E-state index contributed by atoms with van der Waals surface area (Å²) >= 11 is 0. The second-order valence-electron chi connectivity index (χ2n) is 5.69. The van der Waals surface area contributed by atoms with Gasteiger partial charge in [-0.2, -0.15) is 0 Å². The van der Waals surface area contributed by atoms with Crippen molar-refractivity contribution >= 4 is 5.97 Å². The van der Waals surface area contributed by atoms with Crippen molar-refractivity contribution in [1.82, 2.24) is 0 Å². The standard InChI is InChI=1S/C12H18O3/c1-10(2)9(13)14-8-11-6-4-3-5-7-12(10,11)15-11/h3-8H2,1-2H3. The lowest BCUT2D eigenvalue weighted by atomic mass is 9.68. The van der Waals surface area contributed by atoms with Gasteiger partial charge in [0.05, 0.1) is 5.41 Å². The summed E-state index contributed by atoms with van der Waals surface area (Å²) in [5, 5.41) is 0. The quantitative estimate of drug-likeness (QED) is 0.453. The summed E-state index contributed by atoms with van der Waals surface area (Å²) in [6.45, 7) is 4.43. The van der Waals surface area contributed by atoms with Gasteiger partial charge in [-0.1, -0.05) is 19.3 Å². The van der Waals surface area contributed by atoms with Gasteiger partial charge in [0.2, 0.25) is 0 Å². The number of carbonyl (C=O) groups is 1. The highest BCUT2D eigenvalue weighted by Crippen LogP contribution is 2.66. The first-order chi connectivity index (χ1) is 7.04. The molecular formula is C12H18O3. The third-order valence-corrected chi connectivity index (χ3v) is 4.63. The van der Waals surface area contributed by atoms with E-state index in [1.54, 1.807) is 0 Å². The topological polar surface area (TPSA) is 38.8 Å². The fourth-order valence-corrected chi connectivity index (χ4v) is 3.56. The predicted octanol–water partition coefficient (Wildman–Crippen LogP) is 2.04. The molecule has 1 aliphatic carbocycles. The Hall–Kier alpha value is -0.570. The average molecular weight is 210 g/mol. The maximum Gasteiger partial charge on any atom is 0.314 e. The Morgan fingerprint density at radius 1 is 1.13 bits per heavy atom. The molecule has 0 amide bonds. The molecule has 0 aromatic carbocycles. The largest absolute Gasteiger partial charge is 0.462 e. The monoisotopic (exact) mass is 210 g/mol. The third kappa shape index (κ3) is 0.930. The summed E-state index contributed by atoms with van der Waals surface area (Å²) in [5.41, 5.74) is -0.789. The van der Waals surface area contributed by atoms with Gasteiger partial charge in [0.1, 0.15) is 17.8 Å². The molecule has 2 unspecified atom stereocenters. The minimum Gasteiger partial charge on any atom is -0.462 e. The molecule has 0 spiro atoms. The number of hydrogen-bond acceptors (Lipinski definition) is 3. The number of esters is 1. The zero-order chi connectivity index (χ0) is 10.7. The fourth-order valence-electron chi connectivity index (χ4n) is 3.56. The van der Waals surface area contributed by atoms with E-state index < -0.39 is 5.41 Å². The minimum absolute atomic E-state index is 0.0856. The molecule has 0 N–H and O–H groups in total. The highest BCUT2D eigenvalue weighted by molar-refractivity contribution is 5.80. The molecule has 0 bridgehead atoms. The summed E-state index contributed by atoms with van der Waals surface area (Å²) in [5.74, 6) is -0.0856. The van der Waals surface area contributed by atoms with E-state index in [0.29, 0.717) is 6.61 Å². The van der Waals surface area contributed by atoms with Gasteiger partial charge in [-0.05, 0) is 26.7 Å². The van der Waals surface area contributed by atoms with Crippen LogP contribution in [-0.2, 0) is 14.3 Å². The van der Waals surface area contributed by atoms with Crippen LogP contribution in [0.3, 0.4) is 0 Å². The third-order valence-electron chi connectivity index (χ3n) is 4.63. The lowest BCUT2D eigenvalue weighted by Gasteiger charge is -2.36. The van der Waals surface area contributed by atoms with Gasteiger partial charge >= 0.3 is 5.97 Å². The van der Waals surface area contributed by atoms with E-state index in [9.17, 15) is 4.79 Å². The zero-order valence-corrected chi connectivity index (χ0v) is 9.47. The number of hydrogen-bond donors (Lipinski definition) is 0. The van der Waals surface area contributed by atoms with Gasteiger partial charge in [-0.25, -0.2) is 0 Å². The highest BCUT2D eigenvalue weighted by atomic mass is 16.7. The smallest absolute Gasteiger partial charge is 0.314 e. The molecule has 2 heterocycles. The SMILES string of the molecule is CC1(C)C(=O)OCC23CCCCCC21O3. The maximum atomic E-state index is 11.8. The minimum atomic E-state index is -0.463. The Morgan fingerprint density at radius 2 is 1.87 bits per heavy atom. The summed E-state index contributed by atoms with van der Waals surface area (Å²) < 4.78 is 11.3. The van der Waals surface area contributed by atoms with Gasteiger partial charge in [0, 0.05) is 0 Å². The molecule has 15 heavy (non-hydrogen) atoms. The molecule has 0 radical (unpaired) electrons. The van der Waals surface area contributed by atoms with Gasteiger partial charge in [0.15, 0.2) is 0 Å². The van der Waals surface area contributed by atoms with E-state index in [2.05, 4.69) is 0 Å². The second kappa shape index (κ2) is 2.57. The Morgan fingerprint density at radius 3 is 2.67 bits per heavy atom. The highest BCUT2D eigenvalue weighted by Gasteiger charge is 2.80. The van der Waals surface area contributed by atoms with Crippen LogP contribution in [0.25, 0.3) is 0 Å². The molecule has 84 valence electrons. The number of cyclic esters (lactones) is 1. The summed E-state index contributed by atoms with van der Waals surface area (Å²) in [7, 11) is 0. The number of rotatable bonds is 0. The van der Waals surface area contributed by atoms with Crippen LogP contribution >= 0.6 is 0 Å². The molecule has 3 aliphatic rings. The molecule has 1 saturated carbocycles. The van der Waals surface area contributed by atoms with E-state index >= 15 is 0 Å². The molecule has 3 heteroatoms. The molecule has 0 aromatic rings. The van der Waals surface area contributed by atoms with E-state index in [-0.39, 0.29) is 17.2 Å². The molecule has 3 nitrogen and oxygen atoms in total. The van der Waals surface area contributed by atoms with E-state index in [1.165, 1.54) is 19.3 Å². The molecule has 2 aliphatic heterocycles. The first-order valence-electron chi connectivity index (χ1n) is 5.92. The Bertz CT molecular complexity index is 319. The van der Waals surface area contributed by atoms with Gasteiger partial charge < -0.3 is 9.47 Å². The Kier molecular flexibility index (Phi) is 1.65. The predicted molar refractivity (Wildman–Crippen MR) is 54.4 cm³/mol. The van der Waals surface area contributed by atoms with Crippen molar-refractivity contribution in [2.75, 3.05) is 6.61 Å². The number of epoxide rings is 1. The molecule has 3 fully saturated rings. The Balaban J connectivity index is 2.01. The first-order valence-corrected chi connectivity index (χ1v) is 5.92. The lowest BCUT2D eigenvalue weighted by molar-refractivity contribution is -0.163. The van der Waals surface area contributed by atoms with Gasteiger partial charge in [0.25, 0.3) is 0 Å². The first kappa shape index (κ1) is 9.64. The van der Waals surface area contributed by atoms with Crippen molar-refractivity contribution in [3.05, 3.63) is 0 Å². The average Bonchev–Trinajstić information content (AvgIpc) is 2.84. The van der Waals surface area contributed by atoms with E-state index in [1.807, 2.05) is 13.8 Å². The van der Waals surface area contributed by atoms with Crippen LogP contribution in [0.4, 0.5) is 0 Å².